The molecule has 91 heavy (non-hydrogen) atoms. The van der Waals surface area contributed by atoms with Gasteiger partial charge in [0, 0.05) is 25.7 Å². The van der Waals surface area contributed by atoms with Crippen LogP contribution in [0.2, 0.25) is 0 Å². The van der Waals surface area contributed by atoms with Crippen LogP contribution in [0.25, 0.3) is 0 Å². The quantitative estimate of drug-likeness (QED) is 0.0169. The van der Waals surface area contributed by atoms with E-state index >= 15 is 0 Å². The van der Waals surface area contributed by atoms with E-state index in [0.29, 0.717) is 31.6 Å². The first kappa shape index (κ1) is 88.5. The van der Waals surface area contributed by atoms with Crippen LogP contribution in [-0.4, -0.2) is 96.7 Å². The van der Waals surface area contributed by atoms with Gasteiger partial charge < -0.3 is 33.8 Å². The van der Waals surface area contributed by atoms with Crippen LogP contribution < -0.4 is 0 Å². The summed E-state index contributed by atoms with van der Waals surface area (Å²) in [5, 5.41) is 10.6. The molecule has 3 unspecified atom stereocenters. The summed E-state index contributed by atoms with van der Waals surface area (Å²) >= 11 is 0. The van der Waals surface area contributed by atoms with Gasteiger partial charge in [-0.05, 0) is 69.1 Å². The van der Waals surface area contributed by atoms with E-state index in [1.54, 1.807) is 0 Å². The molecule has 0 amide bonds. The molecule has 0 rings (SSSR count). The number of rotatable bonds is 68. The van der Waals surface area contributed by atoms with Crippen LogP contribution in [0.4, 0.5) is 0 Å². The lowest BCUT2D eigenvalue weighted by Gasteiger charge is -2.21. The van der Waals surface area contributed by atoms with Gasteiger partial charge in [0.05, 0.1) is 26.4 Å². The Balaban J connectivity index is 5.29. The molecule has 0 radical (unpaired) electrons. The average Bonchev–Trinajstić information content (AvgIpc) is 3.62. The minimum Gasteiger partial charge on any atom is -0.462 e. The van der Waals surface area contributed by atoms with Crippen molar-refractivity contribution in [3.05, 3.63) is 24.3 Å². The summed E-state index contributed by atoms with van der Waals surface area (Å²) in [5.74, 6) is 0.0780. The number of carbonyl (C=O) groups is 4. The molecule has 0 saturated heterocycles. The fraction of sp³-hybridized carbons (Fsp3) is 0.889. The number of ether oxygens (including phenoxy) is 4. The summed E-state index contributed by atoms with van der Waals surface area (Å²) in [6.07, 6.45) is 49.4. The van der Waals surface area contributed by atoms with E-state index in [4.69, 9.17) is 37.0 Å². The van der Waals surface area contributed by atoms with Crippen LogP contribution >= 0.6 is 15.6 Å². The third-order valence-corrected chi connectivity index (χ3v) is 18.3. The molecule has 0 aliphatic rings. The maximum Gasteiger partial charge on any atom is 0.472 e. The molecule has 6 atom stereocenters. The highest BCUT2D eigenvalue weighted by atomic mass is 31.2. The number of hydrogen-bond acceptors (Lipinski definition) is 15. The maximum atomic E-state index is 13.0. The van der Waals surface area contributed by atoms with Crippen LogP contribution in [0.1, 0.15) is 337 Å². The Morgan fingerprint density at radius 2 is 0.648 bits per heavy atom. The third-order valence-electron chi connectivity index (χ3n) is 16.4. The number of phosphoric acid groups is 2. The van der Waals surface area contributed by atoms with Crippen molar-refractivity contribution in [3.63, 3.8) is 0 Å². The summed E-state index contributed by atoms with van der Waals surface area (Å²) in [6.45, 7) is 11.7. The molecule has 536 valence electrons. The molecule has 0 saturated carbocycles. The average molecular weight is 1340 g/mol. The van der Waals surface area contributed by atoms with Crippen LogP contribution in [0.15, 0.2) is 24.3 Å². The van der Waals surface area contributed by atoms with Crippen LogP contribution in [0.3, 0.4) is 0 Å². The van der Waals surface area contributed by atoms with Gasteiger partial charge in [-0.15, -0.1) is 0 Å². The van der Waals surface area contributed by atoms with Crippen molar-refractivity contribution in [2.75, 3.05) is 39.6 Å². The predicted octanol–water partition coefficient (Wildman–Crippen LogP) is 20.2. The van der Waals surface area contributed by atoms with Crippen molar-refractivity contribution in [1.82, 2.24) is 0 Å². The van der Waals surface area contributed by atoms with Gasteiger partial charge in [-0.2, -0.15) is 0 Å². The molecular weight excluding hydrogens is 1200 g/mol. The van der Waals surface area contributed by atoms with E-state index < -0.39 is 97.5 Å². The molecule has 0 aromatic carbocycles. The Hall–Kier alpha value is -2.46. The van der Waals surface area contributed by atoms with E-state index in [2.05, 4.69) is 72.8 Å². The molecule has 0 heterocycles. The van der Waals surface area contributed by atoms with Gasteiger partial charge in [0.2, 0.25) is 0 Å². The number of allylic oxidation sites excluding steroid dienone is 4. The topological polar surface area (TPSA) is 237 Å². The Morgan fingerprint density at radius 3 is 0.978 bits per heavy atom. The van der Waals surface area contributed by atoms with Gasteiger partial charge in [0.1, 0.15) is 19.3 Å². The van der Waals surface area contributed by atoms with Gasteiger partial charge >= 0.3 is 39.5 Å². The number of hydrogen-bond donors (Lipinski definition) is 3. The first-order valence-corrected chi connectivity index (χ1v) is 39.7. The van der Waals surface area contributed by atoms with Crippen molar-refractivity contribution in [3.8, 4) is 0 Å². The summed E-state index contributed by atoms with van der Waals surface area (Å²) in [5.41, 5.74) is 0. The van der Waals surface area contributed by atoms with Crippen molar-refractivity contribution >= 4 is 39.5 Å². The largest absolute Gasteiger partial charge is 0.472 e. The van der Waals surface area contributed by atoms with Crippen LogP contribution in [-0.2, 0) is 65.4 Å². The van der Waals surface area contributed by atoms with Crippen molar-refractivity contribution in [2.24, 2.45) is 17.8 Å². The lowest BCUT2D eigenvalue weighted by Crippen LogP contribution is -2.30. The predicted molar refractivity (Wildman–Crippen MR) is 367 cm³/mol. The summed E-state index contributed by atoms with van der Waals surface area (Å²) in [4.78, 5) is 72.6. The minimum absolute atomic E-state index is 0.0835. The number of aliphatic hydroxyl groups excluding tert-OH is 1. The molecule has 17 nitrogen and oxygen atoms in total. The van der Waals surface area contributed by atoms with Crippen molar-refractivity contribution in [1.29, 1.82) is 0 Å². The highest BCUT2D eigenvalue weighted by Gasteiger charge is 2.30. The molecule has 0 fully saturated rings. The molecule has 0 aliphatic heterocycles. The number of carbonyl (C=O) groups excluding carboxylic acids is 4. The summed E-state index contributed by atoms with van der Waals surface area (Å²) < 4.78 is 68.3. The first-order valence-electron chi connectivity index (χ1n) is 36.7. The highest BCUT2D eigenvalue weighted by molar-refractivity contribution is 7.47. The smallest absolute Gasteiger partial charge is 0.462 e. The van der Waals surface area contributed by atoms with Crippen LogP contribution in [0.5, 0.6) is 0 Å². The Morgan fingerprint density at radius 1 is 0.363 bits per heavy atom. The number of unbranched alkanes of at least 4 members (excludes halogenated alkanes) is 32. The molecule has 0 aromatic rings. The molecule has 0 aliphatic carbocycles. The Bertz CT molecular complexity index is 1880. The second-order valence-electron chi connectivity index (χ2n) is 26.5. The van der Waals surface area contributed by atoms with Gasteiger partial charge in [0.15, 0.2) is 12.2 Å². The van der Waals surface area contributed by atoms with Gasteiger partial charge in [-0.1, -0.05) is 285 Å². The zero-order valence-electron chi connectivity index (χ0n) is 58.8. The summed E-state index contributed by atoms with van der Waals surface area (Å²) in [6, 6.07) is 0. The zero-order valence-corrected chi connectivity index (χ0v) is 60.6. The van der Waals surface area contributed by atoms with E-state index in [1.165, 1.54) is 128 Å². The third kappa shape index (κ3) is 64.6. The van der Waals surface area contributed by atoms with Crippen LogP contribution in [0, 0.1) is 17.8 Å². The lowest BCUT2D eigenvalue weighted by molar-refractivity contribution is -0.161. The van der Waals surface area contributed by atoms with Gasteiger partial charge in [-0.3, -0.25) is 37.3 Å². The molecule has 0 bridgehead atoms. The van der Waals surface area contributed by atoms with Crippen molar-refractivity contribution in [2.45, 2.75) is 356 Å². The maximum absolute atomic E-state index is 13.0. The van der Waals surface area contributed by atoms with Crippen molar-refractivity contribution < 1.29 is 80.2 Å². The minimum atomic E-state index is -4.96. The standard InChI is InChI=1S/C72H136O17P2/c1-8-10-11-12-13-14-15-16-17-18-19-27-32-41-48-55-71(76)89-68(60-83-70(75)54-47-40-35-34-37-44-51-64(5)6)62-87-91(80,81)85-58-66(73)57-84-90(78,79)86-61-67(59-82-69(74)53-46-39-31-26-22-20-24-29-36-43-50-63(3)4)88-72(77)56-49-42-33-28-23-21-25-30-38-45-52-65(7)9-2/h14-17,63-68,73H,8-13,18-62H2,1-7H3,(H,78,79)(H,80,81)/b15-14-,17-16-/t65?,66-,67-,68-/m1/s1. The molecule has 19 heteroatoms. The van der Waals surface area contributed by atoms with E-state index in [1.807, 2.05) is 0 Å². The van der Waals surface area contributed by atoms with E-state index in [-0.39, 0.29) is 25.7 Å². The Labute approximate surface area is 554 Å². The molecule has 0 aromatic heterocycles. The molecule has 3 N–H and O–H groups in total. The second kappa shape index (κ2) is 62.4. The summed E-state index contributed by atoms with van der Waals surface area (Å²) in [7, 11) is -9.92. The highest BCUT2D eigenvalue weighted by Crippen LogP contribution is 2.45. The number of aliphatic hydroxyl groups is 1. The number of phosphoric ester groups is 2. The Kier molecular flexibility index (Phi) is 60.7. The molecular formula is C72H136O17P2. The first-order chi connectivity index (χ1) is 43.8. The van der Waals surface area contributed by atoms with Gasteiger partial charge in [0.25, 0.3) is 0 Å². The second-order valence-corrected chi connectivity index (χ2v) is 29.4. The lowest BCUT2D eigenvalue weighted by atomic mass is 9.99. The molecule has 0 spiro atoms. The normalized spacial score (nSPS) is 14.6. The van der Waals surface area contributed by atoms with Gasteiger partial charge in [-0.25, -0.2) is 9.13 Å². The fourth-order valence-corrected chi connectivity index (χ4v) is 11.9. The SMILES string of the molecule is CCCCCC/C=C\C=C/CCCCCCCC(=O)O[C@H](COC(=O)CCCCCCCCC(C)C)COP(=O)(O)OC[C@H](O)COP(=O)(O)OC[C@@H](COC(=O)CCCCCCCCCCCCC(C)C)OC(=O)CCCCCCCCCCCCC(C)CC. The van der Waals surface area contributed by atoms with E-state index in [0.717, 1.165) is 121 Å². The zero-order chi connectivity index (χ0) is 67.3. The number of esters is 4. The van der Waals surface area contributed by atoms with E-state index in [9.17, 15) is 43.2 Å². The fourth-order valence-electron chi connectivity index (χ4n) is 10.3. The monoisotopic (exact) mass is 1330 g/mol.